The lowest BCUT2D eigenvalue weighted by Crippen LogP contribution is -2.28. The van der Waals surface area contributed by atoms with Gasteiger partial charge >= 0.3 is 6.18 Å². The molecule has 9 nitrogen and oxygen atoms in total. The van der Waals surface area contributed by atoms with E-state index in [2.05, 4.69) is 20.1 Å². The lowest BCUT2D eigenvalue weighted by atomic mass is 10.0. The van der Waals surface area contributed by atoms with Gasteiger partial charge in [0.1, 0.15) is 19.8 Å². The van der Waals surface area contributed by atoms with Crippen molar-refractivity contribution in [2.24, 2.45) is 5.73 Å². The number of anilines is 1. The predicted octanol–water partition coefficient (Wildman–Crippen LogP) is 3.62. The number of rotatable bonds is 7. The van der Waals surface area contributed by atoms with E-state index >= 15 is 0 Å². The second-order valence-electron chi connectivity index (χ2n) is 7.08. The smallest absolute Gasteiger partial charge is 0.329 e. The number of nitrogens with one attached hydrogen (secondary N) is 2. The summed E-state index contributed by atoms with van der Waals surface area (Å²) in [6.07, 6.45) is -1.57. The van der Waals surface area contributed by atoms with Gasteiger partial charge in [0.05, 0.1) is 11.3 Å². The molecular weight excluding hydrogens is 529 g/mol. The molecule has 0 saturated carbocycles. The Hall–Kier alpha value is -3.04. The molecule has 3 heterocycles. The van der Waals surface area contributed by atoms with Crippen LogP contribution >= 0.6 is 22.9 Å². The number of aromatic nitrogens is 3. The number of thiophene rings is 1. The molecule has 0 unspecified atom stereocenters. The van der Waals surface area contributed by atoms with Crippen LogP contribution in [0.2, 0.25) is 4.34 Å². The molecule has 0 radical (unpaired) electrons. The van der Waals surface area contributed by atoms with Crippen molar-refractivity contribution in [2.75, 3.05) is 18.4 Å². The number of amides is 1. The summed E-state index contributed by atoms with van der Waals surface area (Å²) in [5.74, 6) is -0.729. The number of fused-ring (bicyclic) bond motifs is 1. The Morgan fingerprint density at radius 2 is 1.94 bits per heavy atom. The zero-order valence-electron chi connectivity index (χ0n) is 17.5. The van der Waals surface area contributed by atoms with Gasteiger partial charge in [-0.1, -0.05) is 23.7 Å². The van der Waals surface area contributed by atoms with Crippen LogP contribution in [0.25, 0.3) is 16.9 Å². The minimum atomic E-state index is -4.52. The largest absolute Gasteiger partial charge is 0.416 e. The van der Waals surface area contributed by atoms with E-state index in [1.54, 1.807) is 6.07 Å². The fraction of sp³-hybridized carbons (Fsp3) is 0.150. The molecule has 1 amide bonds. The molecule has 0 saturated heterocycles. The van der Waals surface area contributed by atoms with Gasteiger partial charge in [-0.25, -0.2) is 22.6 Å². The Balaban J connectivity index is 1.72. The highest BCUT2D eigenvalue weighted by atomic mass is 35.5. The van der Waals surface area contributed by atoms with Crippen molar-refractivity contribution in [3.63, 3.8) is 0 Å². The molecule has 0 fully saturated rings. The Labute approximate surface area is 205 Å². The summed E-state index contributed by atoms with van der Waals surface area (Å²) in [6, 6.07) is 6.94. The Morgan fingerprint density at radius 1 is 1.23 bits per heavy atom. The van der Waals surface area contributed by atoms with Crippen LogP contribution in [0.1, 0.15) is 15.9 Å². The van der Waals surface area contributed by atoms with Gasteiger partial charge in [-0.3, -0.25) is 4.79 Å². The van der Waals surface area contributed by atoms with E-state index in [4.69, 9.17) is 17.3 Å². The monoisotopic (exact) mass is 544 g/mol. The average Bonchev–Trinajstić information content (AvgIpc) is 3.38. The number of hydrogen-bond donors (Lipinski definition) is 3. The molecular formula is C20H16ClF3N6O3S2. The van der Waals surface area contributed by atoms with E-state index < -0.39 is 27.7 Å². The molecule has 1 aromatic carbocycles. The molecule has 0 bridgehead atoms. The maximum Gasteiger partial charge on any atom is 0.416 e. The summed E-state index contributed by atoms with van der Waals surface area (Å²) in [6.45, 7) is 0.112. The first-order valence-corrected chi connectivity index (χ1v) is 12.5. The summed E-state index contributed by atoms with van der Waals surface area (Å²) >= 11 is 6.91. The van der Waals surface area contributed by atoms with Gasteiger partial charge in [0.25, 0.3) is 5.91 Å². The highest BCUT2D eigenvalue weighted by Crippen LogP contribution is 2.36. The lowest BCUT2D eigenvalue weighted by Gasteiger charge is -2.08. The van der Waals surface area contributed by atoms with E-state index in [9.17, 15) is 26.4 Å². The third kappa shape index (κ3) is 5.16. The van der Waals surface area contributed by atoms with E-state index in [0.29, 0.717) is 0 Å². The second-order valence-corrected chi connectivity index (χ2v) is 10.7. The maximum atomic E-state index is 13.3. The summed E-state index contributed by atoms with van der Waals surface area (Å²) in [5, 5.41) is 6.85. The van der Waals surface area contributed by atoms with Crippen molar-refractivity contribution in [3.8, 4) is 11.3 Å². The highest BCUT2D eigenvalue weighted by Gasteiger charge is 2.31. The number of sulfonamides is 1. The Bertz CT molecular complexity index is 1500. The fourth-order valence-corrected chi connectivity index (χ4v) is 5.86. The van der Waals surface area contributed by atoms with Crippen molar-refractivity contribution in [1.82, 2.24) is 19.3 Å². The second kappa shape index (κ2) is 9.54. The van der Waals surface area contributed by atoms with Crippen LogP contribution in [0.3, 0.4) is 0 Å². The third-order valence-corrected chi connectivity index (χ3v) is 8.01. The van der Waals surface area contributed by atoms with E-state index in [1.165, 1.54) is 35.1 Å². The fourth-order valence-electron chi connectivity index (χ4n) is 3.13. The first kappa shape index (κ1) is 25.1. The van der Waals surface area contributed by atoms with Crippen LogP contribution in [0.4, 0.5) is 18.9 Å². The van der Waals surface area contributed by atoms with Crippen molar-refractivity contribution in [2.45, 2.75) is 10.4 Å². The van der Waals surface area contributed by atoms with Gasteiger partial charge in [-0.2, -0.15) is 18.3 Å². The molecule has 0 aliphatic carbocycles. The van der Waals surface area contributed by atoms with Crippen LogP contribution < -0.4 is 15.8 Å². The number of nitrogens with two attached hydrogens (primary N) is 1. The van der Waals surface area contributed by atoms with Crippen molar-refractivity contribution in [3.05, 3.63) is 64.3 Å². The number of nitrogens with zero attached hydrogens (tertiary/aromatic N) is 3. The third-order valence-electron chi connectivity index (χ3n) is 4.72. The quantitative estimate of drug-likeness (QED) is 0.326. The number of benzene rings is 1. The predicted molar refractivity (Wildman–Crippen MR) is 125 cm³/mol. The minimum Gasteiger partial charge on any atom is -0.329 e. The highest BCUT2D eigenvalue weighted by molar-refractivity contribution is 7.91. The van der Waals surface area contributed by atoms with Crippen LogP contribution in [0.5, 0.6) is 0 Å². The van der Waals surface area contributed by atoms with Gasteiger partial charge in [0.2, 0.25) is 10.0 Å². The lowest BCUT2D eigenvalue weighted by molar-refractivity contribution is -0.137. The number of alkyl halides is 3. The topological polar surface area (TPSA) is 131 Å². The molecule has 4 aromatic rings. The van der Waals surface area contributed by atoms with Crippen LogP contribution in [0.15, 0.2) is 53.0 Å². The minimum absolute atomic E-state index is 0.00647. The maximum absolute atomic E-state index is 13.3. The standard InChI is InChI=1S/C20H16ClF3N6O3S2/c21-17-13(10-14(34-17)35(32,33)27-8-6-25)28-19(31)15-16(29-30-9-1-7-26-18(15)30)11-2-4-12(5-3-11)20(22,23)24/h1-5,7,9-10,27H,6,8,25H2,(H,28,31). The van der Waals surface area contributed by atoms with Crippen LogP contribution in [0, 0.1) is 0 Å². The number of halogens is 4. The van der Waals surface area contributed by atoms with Gasteiger partial charge < -0.3 is 11.1 Å². The average molecular weight is 545 g/mol. The normalized spacial score (nSPS) is 12.3. The molecule has 0 aliphatic rings. The summed E-state index contributed by atoms with van der Waals surface area (Å²) < 4.78 is 67.1. The molecule has 15 heteroatoms. The molecule has 184 valence electrons. The molecule has 0 spiro atoms. The SMILES string of the molecule is NCCNS(=O)(=O)c1cc(NC(=O)c2c(-c3ccc(C(F)(F)F)cc3)nn3cccnc23)c(Cl)s1. The Morgan fingerprint density at radius 3 is 2.60 bits per heavy atom. The zero-order valence-corrected chi connectivity index (χ0v) is 19.9. The van der Waals surface area contributed by atoms with Crippen molar-refractivity contribution in [1.29, 1.82) is 0 Å². The van der Waals surface area contributed by atoms with Gasteiger partial charge in [-0.15, -0.1) is 11.3 Å². The Kier molecular flexibility index (Phi) is 6.83. The zero-order chi connectivity index (χ0) is 25.4. The number of carbonyl (C=O) groups excluding carboxylic acids is 1. The van der Waals surface area contributed by atoms with Gasteiger partial charge in [0.15, 0.2) is 5.65 Å². The van der Waals surface area contributed by atoms with Gasteiger partial charge in [-0.05, 0) is 24.3 Å². The number of carbonyl (C=O) groups is 1. The molecule has 35 heavy (non-hydrogen) atoms. The first-order chi connectivity index (χ1) is 16.5. The van der Waals surface area contributed by atoms with Crippen molar-refractivity contribution < 1.29 is 26.4 Å². The molecule has 0 atom stereocenters. The summed E-state index contributed by atoms with van der Waals surface area (Å²) in [4.78, 5) is 17.4. The van der Waals surface area contributed by atoms with Gasteiger partial charge in [0, 0.05) is 31.0 Å². The van der Waals surface area contributed by atoms with Crippen LogP contribution in [-0.2, 0) is 16.2 Å². The molecule has 4 rings (SSSR count). The summed E-state index contributed by atoms with van der Waals surface area (Å²) in [7, 11) is -3.88. The van der Waals surface area contributed by atoms with E-state index in [1.807, 2.05) is 0 Å². The van der Waals surface area contributed by atoms with Crippen molar-refractivity contribution >= 4 is 50.2 Å². The first-order valence-electron chi connectivity index (χ1n) is 9.82. The number of hydrogen-bond acceptors (Lipinski definition) is 7. The van der Waals surface area contributed by atoms with E-state index in [0.717, 1.165) is 23.5 Å². The summed E-state index contributed by atoms with van der Waals surface area (Å²) in [5.41, 5.74) is 4.95. The molecule has 3 aromatic heterocycles. The van der Waals surface area contributed by atoms with E-state index in [-0.39, 0.29) is 49.8 Å². The molecule has 4 N–H and O–H groups in total. The van der Waals surface area contributed by atoms with Crippen LogP contribution in [-0.4, -0.2) is 42.0 Å². The molecule has 0 aliphatic heterocycles.